The van der Waals surface area contributed by atoms with E-state index in [9.17, 15) is 31.5 Å². The zero-order valence-corrected chi connectivity index (χ0v) is 22.3. The van der Waals surface area contributed by atoms with Gasteiger partial charge >= 0.3 is 6.61 Å². The summed E-state index contributed by atoms with van der Waals surface area (Å²) < 4.78 is 88.8. The molecule has 13 heteroatoms. The predicted octanol–water partition coefficient (Wildman–Crippen LogP) is 5.43. The number of alkyl halides is 2. The maximum absolute atomic E-state index is 15.0. The highest BCUT2D eigenvalue weighted by atomic mass is 19.3. The van der Waals surface area contributed by atoms with Crippen LogP contribution in [0.3, 0.4) is 0 Å². The van der Waals surface area contributed by atoms with Gasteiger partial charge in [-0.15, -0.1) is 0 Å². The lowest BCUT2D eigenvalue weighted by Gasteiger charge is -2.28. The van der Waals surface area contributed by atoms with Crippen molar-refractivity contribution in [3.05, 3.63) is 99.3 Å². The number of halogens is 6. The van der Waals surface area contributed by atoms with Gasteiger partial charge in [0.15, 0.2) is 5.65 Å². The summed E-state index contributed by atoms with van der Waals surface area (Å²) in [5.41, 5.74) is -3.72. The number of anilines is 1. The molecular weight excluding hydrogens is 566 g/mol. The molecule has 5 rings (SSSR count). The first kappa shape index (κ1) is 29.1. The van der Waals surface area contributed by atoms with Crippen LogP contribution in [0.15, 0.2) is 59.5 Å². The number of nitrogens with one attached hydrogen (secondary N) is 1. The molecular formula is C29H24F6N4O3. The van der Waals surface area contributed by atoms with Crippen LogP contribution in [0, 0.1) is 23.3 Å². The van der Waals surface area contributed by atoms with Gasteiger partial charge in [0.05, 0.1) is 22.7 Å². The Labute approximate surface area is 235 Å². The van der Waals surface area contributed by atoms with Crippen molar-refractivity contribution in [2.45, 2.75) is 38.5 Å². The predicted molar refractivity (Wildman–Crippen MR) is 142 cm³/mol. The number of amides is 1. The standard InChI is InChI=1S/C29H24F6N4O3/c1-29(2,24-19(31)4-3-5-20(24)32)37-27(41)18-14-39(22-8-6-15(30)12-21(22)33)26-17(25(18)40)7-9-23(36-26)38-11-10-16(13-38)42-28(34)35/h3-9,12,14,16,28H,10-11,13H2,1-2H3,(H,37,41)/t16-/m1/s1. The lowest BCUT2D eigenvalue weighted by molar-refractivity contribution is -0.156. The Morgan fingerprint density at radius 3 is 2.43 bits per heavy atom. The molecule has 2 aromatic heterocycles. The van der Waals surface area contributed by atoms with Gasteiger partial charge in [-0.3, -0.25) is 14.2 Å². The molecule has 1 fully saturated rings. The Morgan fingerprint density at radius 2 is 1.76 bits per heavy atom. The molecule has 1 saturated heterocycles. The average molecular weight is 591 g/mol. The van der Waals surface area contributed by atoms with Gasteiger partial charge in [-0.05, 0) is 56.7 Å². The van der Waals surface area contributed by atoms with Crippen LogP contribution in [-0.4, -0.2) is 41.3 Å². The summed E-state index contributed by atoms with van der Waals surface area (Å²) >= 11 is 0. The molecule has 1 N–H and O–H groups in total. The molecule has 4 aromatic rings. The van der Waals surface area contributed by atoms with Crippen LogP contribution in [0.5, 0.6) is 0 Å². The number of benzene rings is 2. The molecule has 0 radical (unpaired) electrons. The number of nitrogens with zero attached hydrogens (tertiary/aromatic N) is 3. The second-order valence-corrected chi connectivity index (χ2v) is 10.3. The summed E-state index contributed by atoms with van der Waals surface area (Å²) in [6, 6.07) is 8.68. The number of hydrogen-bond acceptors (Lipinski definition) is 5. The van der Waals surface area contributed by atoms with Gasteiger partial charge in [-0.2, -0.15) is 8.78 Å². The number of hydrogen-bond donors (Lipinski definition) is 1. The van der Waals surface area contributed by atoms with Crippen molar-refractivity contribution in [3.63, 3.8) is 0 Å². The van der Waals surface area contributed by atoms with Crippen molar-refractivity contribution in [2.24, 2.45) is 0 Å². The first-order valence-electron chi connectivity index (χ1n) is 12.8. The summed E-state index contributed by atoms with van der Waals surface area (Å²) in [4.78, 5) is 33.1. The Hall–Kier alpha value is -4.39. The molecule has 1 aliphatic heterocycles. The monoisotopic (exact) mass is 590 g/mol. The first-order chi connectivity index (χ1) is 19.9. The van der Waals surface area contributed by atoms with Crippen LogP contribution in [0.2, 0.25) is 0 Å². The highest BCUT2D eigenvalue weighted by Gasteiger charge is 2.32. The molecule has 0 bridgehead atoms. The molecule has 1 amide bonds. The molecule has 220 valence electrons. The second-order valence-electron chi connectivity index (χ2n) is 10.3. The van der Waals surface area contributed by atoms with Gasteiger partial charge in [0.2, 0.25) is 5.43 Å². The first-order valence-corrected chi connectivity index (χ1v) is 12.8. The number of ether oxygens (including phenoxy) is 1. The maximum Gasteiger partial charge on any atom is 0.345 e. The van der Waals surface area contributed by atoms with E-state index >= 15 is 4.39 Å². The van der Waals surface area contributed by atoms with Gasteiger partial charge in [0.25, 0.3) is 5.91 Å². The molecule has 1 atom stereocenters. The Bertz CT molecular complexity index is 1720. The zero-order chi connectivity index (χ0) is 30.3. The minimum atomic E-state index is -2.95. The highest BCUT2D eigenvalue weighted by Crippen LogP contribution is 2.28. The van der Waals surface area contributed by atoms with E-state index in [0.29, 0.717) is 19.0 Å². The van der Waals surface area contributed by atoms with E-state index in [2.05, 4.69) is 15.0 Å². The fourth-order valence-electron chi connectivity index (χ4n) is 5.09. The van der Waals surface area contributed by atoms with Crippen LogP contribution >= 0.6 is 0 Å². The second kappa shape index (κ2) is 11.1. The molecule has 42 heavy (non-hydrogen) atoms. The van der Waals surface area contributed by atoms with Gasteiger partial charge in [0, 0.05) is 30.9 Å². The smallest absolute Gasteiger partial charge is 0.345 e. The SMILES string of the molecule is CC(C)(NC(=O)c1cn(-c2ccc(F)cc2F)c2nc(N3CC[C@@H](OC(F)F)C3)ccc2c1=O)c1c(F)cccc1F. The highest BCUT2D eigenvalue weighted by molar-refractivity contribution is 5.97. The molecule has 3 heterocycles. The third-order valence-electron chi connectivity index (χ3n) is 7.03. The van der Waals surface area contributed by atoms with Crippen LogP contribution in [0.1, 0.15) is 36.2 Å². The fraction of sp³-hybridized carbons (Fsp3) is 0.276. The summed E-state index contributed by atoms with van der Waals surface area (Å²) in [6.07, 6.45) is 0.544. The Kier molecular flexibility index (Phi) is 7.71. The molecule has 7 nitrogen and oxygen atoms in total. The van der Waals surface area contributed by atoms with Gasteiger partial charge in [-0.25, -0.2) is 22.5 Å². The lowest BCUT2D eigenvalue weighted by Crippen LogP contribution is -2.44. The third kappa shape index (κ3) is 5.56. The Morgan fingerprint density at radius 1 is 1.05 bits per heavy atom. The zero-order valence-electron chi connectivity index (χ0n) is 22.3. The quantitative estimate of drug-likeness (QED) is 0.291. The van der Waals surface area contributed by atoms with Crippen LogP contribution in [0.25, 0.3) is 16.7 Å². The van der Waals surface area contributed by atoms with E-state index < -0.39 is 64.0 Å². The van der Waals surface area contributed by atoms with Crippen molar-refractivity contribution in [3.8, 4) is 5.69 Å². The third-order valence-corrected chi connectivity index (χ3v) is 7.03. The summed E-state index contributed by atoms with van der Waals surface area (Å²) in [6.45, 7) is 0.143. The van der Waals surface area contributed by atoms with Crippen molar-refractivity contribution in [2.75, 3.05) is 18.0 Å². The largest absolute Gasteiger partial charge is 0.354 e. The van der Waals surface area contributed by atoms with Crippen molar-refractivity contribution >= 4 is 22.8 Å². The summed E-state index contributed by atoms with van der Waals surface area (Å²) in [5, 5.41) is 2.34. The van der Waals surface area contributed by atoms with Gasteiger partial charge < -0.3 is 15.0 Å². The minimum absolute atomic E-state index is 0.0835. The normalized spacial score (nSPS) is 15.5. The lowest BCUT2D eigenvalue weighted by atomic mass is 9.92. The van der Waals surface area contributed by atoms with Crippen molar-refractivity contribution < 1.29 is 35.9 Å². The van der Waals surface area contributed by atoms with E-state index in [1.54, 1.807) is 4.90 Å². The van der Waals surface area contributed by atoms with Crippen LogP contribution in [-0.2, 0) is 10.3 Å². The van der Waals surface area contributed by atoms with E-state index in [4.69, 9.17) is 0 Å². The number of pyridine rings is 2. The van der Waals surface area contributed by atoms with Crippen molar-refractivity contribution in [1.82, 2.24) is 14.9 Å². The van der Waals surface area contributed by atoms with Gasteiger partial charge in [0.1, 0.15) is 34.7 Å². The fourth-order valence-corrected chi connectivity index (χ4v) is 5.09. The molecule has 1 aliphatic rings. The average Bonchev–Trinajstić information content (AvgIpc) is 3.36. The van der Waals surface area contributed by atoms with E-state index in [1.807, 2.05) is 0 Å². The number of aromatic nitrogens is 2. The number of fused-ring (bicyclic) bond motifs is 1. The van der Waals surface area contributed by atoms with E-state index in [0.717, 1.165) is 35.0 Å². The maximum atomic E-state index is 15.0. The number of rotatable bonds is 7. The van der Waals surface area contributed by atoms with Crippen LogP contribution in [0.4, 0.5) is 32.2 Å². The van der Waals surface area contributed by atoms with Crippen LogP contribution < -0.4 is 15.6 Å². The molecule has 0 spiro atoms. The topological polar surface area (TPSA) is 76.5 Å². The summed E-state index contributed by atoms with van der Waals surface area (Å²) in [7, 11) is 0. The molecule has 0 saturated carbocycles. The molecule has 0 aliphatic carbocycles. The van der Waals surface area contributed by atoms with E-state index in [-0.39, 0.29) is 29.1 Å². The van der Waals surface area contributed by atoms with Crippen molar-refractivity contribution in [1.29, 1.82) is 0 Å². The summed E-state index contributed by atoms with van der Waals surface area (Å²) in [5.74, 6) is -4.47. The molecule has 2 aromatic carbocycles. The van der Waals surface area contributed by atoms with Gasteiger partial charge in [-0.1, -0.05) is 6.07 Å². The minimum Gasteiger partial charge on any atom is -0.354 e. The Balaban J connectivity index is 1.61. The number of carbonyl (C=O) groups excluding carboxylic acids is 1. The number of carbonyl (C=O) groups is 1. The molecule has 0 unspecified atom stereocenters. The van der Waals surface area contributed by atoms with E-state index in [1.165, 1.54) is 32.0 Å².